The van der Waals surface area contributed by atoms with Crippen LogP contribution in [0.2, 0.25) is 0 Å². The largest absolute Gasteiger partial charge is 0.457 e. The third-order valence-corrected chi connectivity index (χ3v) is 9.80. The van der Waals surface area contributed by atoms with Gasteiger partial charge in [-0.05, 0) is 72.1 Å². The number of fused-ring (bicyclic) bond motifs is 12. The topological polar surface area (TPSA) is 44.4 Å². The average Bonchev–Trinajstić information content (AvgIpc) is 3.78. The van der Waals surface area contributed by atoms with Crippen molar-refractivity contribution in [3.63, 3.8) is 0 Å². The van der Waals surface area contributed by atoms with E-state index in [1.54, 1.807) is 0 Å². The Hall–Kier alpha value is -5.72. The highest BCUT2D eigenvalue weighted by atomic mass is 32.1. The summed E-state index contributed by atoms with van der Waals surface area (Å²) in [6, 6.07) is 40.4. The molecule has 0 unspecified atom stereocenters. The van der Waals surface area contributed by atoms with Crippen molar-refractivity contribution in [1.82, 2.24) is 18.9 Å². The van der Waals surface area contributed by atoms with Gasteiger partial charge in [-0.1, -0.05) is 42.5 Å². The molecule has 0 atom stereocenters. The van der Waals surface area contributed by atoms with E-state index in [1.807, 2.05) is 54.2 Å². The maximum Gasteiger partial charge on any atom is 0.145 e. The number of rotatable bonds is 3. The second kappa shape index (κ2) is 8.89. The lowest BCUT2D eigenvalue weighted by Gasteiger charge is -2.12. The van der Waals surface area contributed by atoms with Gasteiger partial charge in [0.25, 0.3) is 0 Å². The van der Waals surface area contributed by atoms with Crippen LogP contribution in [0.1, 0.15) is 0 Å². The van der Waals surface area contributed by atoms with Crippen LogP contribution in [0.25, 0.3) is 75.1 Å². The van der Waals surface area contributed by atoms with Gasteiger partial charge in [-0.25, -0.2) is 9.97 Å². The summed E-state index contributed by atoms with van der Waals surface area (Å²) in [5, 5.41) is 8.29. The summed E-state index contributed by atoms with van der Waals surface area (Å²) in [6.45, 7) is 0. The van der Waals surface area contributed by atoms with E-state index >= 15 is 0 Å². The number of thiophene rings is 1. The summed E-state index contributed by atoms with van der Waals surface area (Å²) in [5.41, 5.74) is 5.12. The fourth-order valence-electron chi connectivity index (χ4n) is 6.76. The van der Waals surface area contributed by atoms with Crippen LogP contribution < -0.4 is 4.74 Å². The molecule has 0 saturated carbocycles. The molecule has 6 heteroatoms. The molecular formula is C38H22N4OS. The third-order valence-electron chi connectivity index (χ3n) is 8.66. The molecule has 0 radical (unpaired) electrons. The maximum atomic E-state index is 6.53. The molecule has 10 aromatic rings. The molecule has 0 N–H and O–H groups in total. The van der Waals surface area contributed by atoms with Crippen LogP contribution in [0.4, 0.5) is 0 Å². The van der Waals surface area contributed by atoms with E-state index in [0.29, 0.717) is 0 Å². The molecule has 0 saturated heterocycles. The quantitative estimate of drug-likeness (QED) is 0.195. The van der Waals surface area contributed by atoms with Crippen molar-refractivity contribution in [2.45, 2.75) is 0 Å². The summed E-state index contributed by atoms with van der Waals surface area (Å²) in [6.07, 6.45) is 5.73. The number of imidazole rings is 1. The molecule has 5 nitrogen and oxygen atoms in total. The van der Waals surface area contributed by atoms with Crippen molar-refractivity contribution in [1.29, 1.82) is 0 Å². The highest BCUT2D eigenvalue weighted by Gasteiger charge is 2.17. The zero-order valence-corrected chi connectivity index (χ0v) is 24.1. The van der Waals surface area contributed by atoms with Gasteiger partial charge >= 0.3 is 0 Å². The number of para-hydroxylation sites is 1. The van der Waals surface area contributed by atoms with Gasteiger partial charge in [-0.2, -0.15) is 0 Å². The van der Waals surface area contributed by atoms with E-state index < -0.39 is 0 Å². The minimum atomic E-state index is 0.759. The summed E-state index contributed by atoms with van der Waals surface area (Å²) < 4.78 is 13.5. The lowest BCUT2D eigenvalue weighted by Crippen LogP contribution is -1.96. The zero-order chi connectivity index (χ0) is 28.8. The summed E-state index contributed by atoms with van der Waals surface area (Å²) in [5.74, 6) is 1.52. The normalized spacial score (nSPS) is 12.1. The lowest BCUT2D eigenvalue weighted by atomic mass is 10.1. The van der Waals surface area contributed by atoms with Crippen molar-refractivity contribution >= 4 is 80.8 Å². The molecule has 0 fully saturated rings. The van der Waals surface area contributed by atoms with E-state index in [2.05, 4.69) is 105 Å². The van der Waals surface area contributed by atoms with Gasteiger partial charge in [0.05, 0.1) is 16.7 Å². The number of hydrogen-bond acceptors (Lipinski definition) is 4. The molecule has 5 aromatic heterocycles. The van der Waals surface area contributed by atoms with Crippen molar-refractivity contribution < 1.29 is 4.74 Å². The molecule has 0 aliphatic rings. The SMILES string of the molecule is c1cc(Oc2ccc3c4ccccc4n4ccnc4c3c2)cc(-n2c3cc4c(cc3c3cccnc32)sc2ccccc24)c1. The van der Waals surface area contributed by atoms with E-state index in [-0.39, 0.29) is 0 Å². The van der Waals surface area contributed by atoms with Crippen LogP contribution in [0, 0.1) is 0 Å². The van der Waals surface area contributed by atoms with Gasteiger partial charge in [0, 0.05) is 66.4 Å². The highest BCUT2D eigenvalue weighted by Crippen LogP contribution is 2.41. The van der Waals surface area contributed by atoms with E-state index in [9.17, 15) is 0 Å². The molecule has 5 heterocycles. The summed E-state index contributed by atoms with van der Waals surface area (Å²) in [4.78, 5) is 9.53. The molecular weight excluding hydrogens is 561 g/mol. The van der Waals surface area contributed by atoms with Gasteiger partial charge in [-0.3, -0.25) is 8.97 Å². The molecule has 44 heavy (non-hydrogen) atoms. The monoisotopic (exact) mass is 582 g/mol. The fraction of sp³-hybridized carbons (Fsp3) is 0. The Bertz CT molecular complexity index is 2770. The molecule has 0 spiro atoms. The molecule has 0 amide bonds. The van der Waals surface area contributed by atoms with Gasteiger partial charge in [0.15, 0.2) is 0 Å². The standard InChI is InChI=1S/C38H22N4OS/c1-3-12-33-27(9-1)26-15-14-25(20-32(26)37-40-17-18-41(33)37)43-24-8-5-7-23(19-24)42-34-21-31-28-10-2-4-13-35(28)44-36(31)22-30(34)29-11-6-16-39-38(29)42/h1-22H. The highest BCUT2D eigenvalue weighted by molar-refractivity contribution is 7.25. The number of pyridine rings is 2. The number of hydrogen-bond donors (Lipinski definition) is 0. The van der Waals surface area contributed by atoms with Crippen molar-refractivity contribution in [2.75, 3.05) is 0 Å². The lowest BCUT2D eigenvalue weighted by molar-refractivity contribution is 0.483. The van der Waals surface area contributed by atoms with E-state index in [0.717, 1.165) is 55.7 Å². The summed E-state index contributed by atoms with van der Waals surface area (Å²) >= 11 is 1.84. The average molecular weight is 583 g/mol. The minimum absolute atomic E-state index is 0.759. The molecule has 0 bridgehead atoms. The molecule has 5 aromatic carbocycles. The second-order valence-electron chi connectivity index (χ2n) is 11.1. The van der Waals surface area contributed by atoms with Crippen LogP contribution in [0.15, 0.2) is 134 Å². The smallest absolute Gasteiger partial charge is 0.145 e. The van der Waals surface area contributed by atoms with Crippen LogP contribution >= 0.6 is 11.3 Å². The first kappa shape index (κ1) is 23.8. The Kier molecular flexibility index (Phi) is 4.81. The minimum Gasteiger partial charge on any atom is -0.457 e. The number of nitrogens with zero attached hydrogens (tertiary/aromatic N) is 4. The van der Waals surface area contributed by atoms with Gasteiger partial charge in [0.2, 0.25) is 0 Å². The number of ether oxygens (including phenoxy) is 1. The van der Waals surface area contributed by atoms with Crippen LogP contribution in [-0.2, 0) is 0 Å². The first-order chi connectivity index (χ1) is 21.8. The first-order valence-corrected chi connectivity index (χ1v) is 15.4. The Labute approximate surface area is 254 Å². The van der Waals surface area contributed by atoms with E-state index in [1.165, 1.54) is 30.9 Å². The first-order valence-electron chi connectivity index (χ1n) is 14.6. The van der Waals surface area contributed by atoms with Gasteiger partial charge in [0.1, 0.15) is 22.8 Å². The second-order valence-corrected chi connectivity index (χ2v) is 12.2. The predicted octanol–water partition coefficient (Wildman–Crippen LogP) is 10.3. The van der Waals surface area contributed by atoms with Crippen LogP contribution in [-0.4, -0.2) is 18.9 Å². The van der Waals surface area contributed by atoms with Gasteiger partial charge < -0.3 is 4.74 Å². The zero-order valence-electron chi connectivity index (χ0n) is 23.3. The van der Waals surface area contributed by atoms with Gasteiger partial charge in [-0.15, -0.1) is 11.3 Å². The molecule has 0 aliphatic heterocycles. The molecule has 0 aliphatic carbocycles. The van der Waals surface area contributed by atoms with Crippen molar-refractivity contribution in [3.8, 4) is 17.2 Å². The van der Waals surface area contributed by atoms with Crippen LogP contribution in [0.5, 0.6) is 11.5 Å². The molecule has 206 valence electrons. The van der Waals surface area contributed by atoms with Crippen molar-refractivity contribution in [2.24, 2.45) is 0 Å². The summed E-state index contributed by atoms with van der Waals surface area (Å²) in [7, 11) is 0. The fourth-order valence-corrected chi connectivity index (χ4v) is 7.89. The maximum absolute atomic E-state index is 6.53. The van der Waals surface area contributed by atoms with Crippen molar-refractivity contribution in [3.05, 3.63) is 134 Å². The Balaban J connectivity index is 1.14. The van der Waals surface area contributed by atoms with E-state index in [4.69, 9.17) is 9.72 Å². The third kappa shape index (κ3) is 3.34. The number of benzene rings is 5. The Morgan fingerprint density at radius 3 is 2.32 bits per heavy atom. The Morgan fingerprint density at radius 1 is 0.500 bits per heavy atom. The predicted molar refractivity (Wildman–Crippen MR) is 182 cm³/mol. The Morgan fingerprint density at radius 2 is 1.34 bits per heavy atom. The number of aromatic nitrogens is 4. The molecule has 10 rings (SSSR count). The van der Waals surface area contributed by atoms with Crippen LogP contribution in [0.3, 0.4) is 0 Å².